The molecule has 0 aliphatic heterocycles. The predicted molar refractivity (Wildman–Crippen MR) is 125 cm³/mol. The first-order valence-electron chi connectivity index (χ1n) is 11.1. The van der Waals surface area contributed by atoms with E-state index in [-0.39, 0.29) is 28.5 Å². The Balaban J connectivity index is 0.00000512. The number of amides is 1. The molecule has 0 saturated carbocycles. The van der Waals surface area contributed by atoms with Crippen LogP contribution in [0.1, 0.15) is 45.6 Å². The summed E-state index contributed by atoms with van der Waals surface area (Å²) >= 11 is 0. The number of nitrogens with zero attached hydrogens (tertiary/aromatic N) is 1. The third kappa shape index (κ3) is 9.17. The molecule has 178 valence electrons. The lowest BCUT2D eigenvalue weighted by Crippen LogP contribution is -3.00. The van der Waals surface area contributed by atoms with Crippen molar-refractivity contribution in [3.05, 3.63) is 51.9 Å². The van der Waals surface area contributed by atoms with Gasteiger partial charge in [-0.1, -0.05) is 25.0 Å². The number of likely N-dealkylation sites (N-methyl/N-ethyl adjacent to an activating group) is 1. The van der Waals surface area contributed by atoms with Crippen LogP contribution < -0.4 is 32.7 Å². The molecule has 0 spiro atoms. The summed E-state index contributed by atoms with van der Waals surface area (Å²) in [5, 5.41) is 3.87. The second-order valence-electron chi connectivity index (χ2n) is 8.92. The van der Waals surface area contributed by atoms with Crippen LogP contribution in [-0.2, 0) is 11.2 Å². The van der Waals surface area contributed by atoms with Crippen LogP contribution in [0.5, 0.6) is 5.75 Å². The Labute approximate surface area is 202 Å². The molecule has 2 aromatic rings. The fraction of sp³-hybridized carbons (Fsp3) is 0.520. The maximum absolute atomic E-state index is 12.1. The van der Waals surface area contributed by atoms with Gasteiger partial charge in [0.05, 0.1) is 27.2 Å². The lowest BCUT2D eigenvalue weighted by Gasteiger charge is -2.29. The number of benzene rings is 1. The Hall–Kier alpha value is -2.12. The first kappa shape index (κ1) is 27.9. The molecular weight excluding hydrogens is 472 g/mol. The van der Waals surface area contributed by atoms with Gasteiger partial charge in [-0.05, 0) is 44.9 Å². The molecule has 1 amide bonds. The van der Waals surface area contributed by atoms with Crippen molar-refractivity contribution in [2.24, 2.45) is 0 Å². The van der Waals surface area contributed by atoms with Crippen molar-refractivity contribution < 1.29 is 35.4 Å². The number of nitrogens with one attached hydrogen (secondary N) is 1. The van der Waals surface area contributed by atoms with E-state index in [1.54, 1.807) is 6.07 Å². The fourth-order valence-corrected chi connectivity index (χ4v) is 3.41. The van der Waals surface area contributed by atoms with Gasteiger partial charge in [-0.2, -0.15) is 0 Å². The first-order valence-corrected chi connectivity index (χ1v) is 11.1. The molecule has 1 N–H and O–H groups in total. The number of quaternary nitrogens is 1. The van der Waals surface area contributed by atoms with Crippen LogP contribution in [0.3, 0.4) is 0 Å². The van der Waals surface area contributed by atoms with E-state index >= 15 is 0 Å². The number of carbonyl (C=O) groups excluding carboxylic acids is 1. The number of fused-ring (bicyclic) bond motifs is 1. The van der Waals surface area contributed by atoms with Crippen LogP contribution >= 0.6 is 0 Å². The number of rotatable bonds is 12. The zero-order valence-corrected chi connectivity index (χ0v) is 21.6. The SMILES string of the molecule is CCCCNC(=O)C[N+](C)(C)CCCOc1ccc2ccc(=O)oc2c1CC=C(C)C.[Br-]. The van der Waals surface area contributed by atoms with Gasteiger partial charge >= 0.3 is 5.63 Å². The smallest absolute Gasteiger partial charge is 0.336 e. The van der Waals surface area contributed by atoms with Crippen molar-refractivity contribution in [2.45, 2.75) is 46.5 Å². The van der Waals surface area contributed by atoms with Crippen molar-refractivity contribution >= 4 is 16.9 Å². The third-order valence-electron chi connectivity index (χ3n) is 5.15. The van der Waals surface area contributed by atoms with E-state index in [0.717, 1.165) is 49.1 Å². The Morgan fingerprint density at radius 3 is 2.56 bits per heavy atom. The molecule has 6 nitrogen and oxygen atoms in total. The molecule has 0 atom stereocenters. The van der Waals surface area contributed by atoms with Crippen molar-refractivity contribution in [3.63, 3.8) is 0 Å². The molecule has 0 unspecified atom stereocenters. The summed E-state index contributed by atoms with van der Waals surface area (Å²) < 4.78 is 12.2. The average Bonchev–Trinajstić information content (AvgIpc) is 2.69. The minimum Gasteiger partial charge on any atom is -1.00 e. The number of halogens is 1. The standard InChI is InChI=1S/C25H36N2O4.BrH/c1-6-7-15-26-23(28)18-27(4,5)16-8-17-30-22-13-10-20-11-14-24(29)31-25(20)21(22)12-9-19(2)3;/h9-11,13-14H,6-8,12,15-18H2,1-5H3;1H. The molecule has 0 radical (unpaired) electrons. The Morgan fingerprint density at radius 1 is 1.16 bits per heavy atom. The van der Waals surface area contributed by atoms with Crippen molar-refractivity contribution in [2.75, 3.05) is 40.3 Å². The number of hydrogen-bond donors (Lipinski definition) is 1. The summed E-state index contributed by atoms with van der Waals surface area (Å²) in [5.74, 6) is 0.829. The van der Waals surface area contributed by atoms with Crippen molar-refractivity contribution in [3.8, 4) is 5.75 Å². The highest BCUT2D eigenvalue weighted by Gasteiger charge is 2.19. The normalized spacial score (nSPS) is 11.0. The fourth-order valence-electron chi connectivity index (χ4n) is 3.41. The second-order valence-corrected chi connectivity index (χ2v) is 8.92. The molecule has 7 heteroatoms. The van der Waals surface area contributed by atoms with Crippen LogP contribution in [-0.4, -0.2) is 50.7 Å². The van der Waals surface area contributed by atoms with Gasteiger partial charge in [0.1, 0.15) is 11.3 Å². The maximum Gasteiger partial charge on any atom is 0.336 e. The molecule has 0 saturated heterocycles. The van der Waals surface area contributed by atoms with Crippen molar-refractivity contribution in [1.29, 1.82) is 0 Å². The summed E-state index contributed by atoms with van der Waals surface area (Å²) in [6.07, 6.45) is 5.64. The zero-order valence-electron chi connectivity index (χ0n) is 20.0. The number of ether oxygens (including phenoxy) is 1. The number of hydrogen-bond acceptors (Lipinski definition) is 4. The summed E-state index contributed by atoms with van der Waals surface area (Å²) in [5.41, 5.74) is 2.31. The second kappa shape index (κ2) is 13.4. The van der Waals surface area contributed by atoms with Gasteiger partial charge in [-0.3, -0.25) is 4.79 Å². The molecule has 1 aromatic heterocycles. The molecule has 0 bridgehead atoms. The quantitative estimate of drug-likeness (QED) is 0.201. The van der Waals surface area contributed by atoms with Crippen LogP contribution in [0.4, 0.5) is 0 Å². The lowest BCUT2D eigenvalue weighted by molar-refractivity contribution is -0.882. The Kier molecular flexibility index (Phi) is 11.7. The maximum atomic E-state index is 12.1. The average molecular weight is 509 g/mol. The third-order valence-corrected chi connectivity index (χ3v) is 5.15. The zero-order chi connectivity index (χ0) is 22.9. The van der Waals surface area contributed by atoms with Crippen LogP contribution in [0.2, 0.25) is 0 Å². The van der Waals surface area contributed by atoms with Gasteiger partial charge in [-0.15, -0.1) is 0 Å². The first-order chi connectivity index (χ1) is 14.7. The van der Waals surface area contributed by atoms with Gasteiger partial charge in [0.25, 0.3) is 5.91 Å². The highest BCUT2D eigenvalue weighted by atomic mass is 79.9. The summed E-state index contributed by atoms with van der Waals surface area (Å²) in [7, 11) is 4.12. The Bertz CT molecular complexity index is 962. The van der Waals surface area contributed by atoms with Crippen LogP contribution in [0.25, 0.3) is 11.0 Å². The molecule has 0 aliphatic carbocycles. The number of allylic oxidation sites excluding steroid dienone is 2. The van der Waals surface area contributed by atoms with E-state index in [1.807, 2.05) is 26.0 Å². The number of carbonyl (C=O) groups is 1. The molecule has 1 heterocycles. The Morgan fingerprint density at radius 2 is 1.88 bits per heavy atom. The molecule has 0 aliphatic rings. The minimum absolute atomic E-state index is 0. The summed E-state index contributed by atoms with van der Waals surface area (Å²) in [6, 6.07) is 7.08. The minimum atomic E-state index is -0.362. The summed E-state index contributed by atoms with van der Waals surface area (Å²) in [6.45, 7) is 8.75. The van der Waals surface area contributed by atoms with E-state index in [1.165, 1.54) is 11.6 Å². The van der Waals surface area contributed by atoms with E-state index in [4.69, 9.17) is 9.15 Å². The van der Waals surface area contributed by atoms with Crippen LogP contribution in [0, 0.1) is 0 Å². The monoisotopic (exact) mass is 508 g/mol. The molecule has 32 heavy (non-hydrogen) atoms. The lowest BCUT2D eigenvalue weighted by atomic mass is 10.1. The molecular formula is C25H37BrN2O4. The van der Waals surface area contributed by atoms with Gasteiger partial charge in [-0.25, -0.2) is 4.79 Å². The molecule has 2 rings (SSSR count). The predicted octanol–water partition coefficient (Wildman–Crippen LogP) is 1.07. The van der Waals surface area contributed by atoms with E-state index in [0.29, 0.717) is 29.6 Å². The topological polar surface area (TPSA) is 68.5 Å². The van der Waals surface area contributed by atoms with Gasteiger partial charge in [0.2, 0.25) is 0 Å². The van der Waals surface area contributed by atoms with Crippen LogP contribution in [0.15, 0.2) is 45.1 Å². The van der Waals surface area contributed by atoms with Crippen molar-refractivity contribution in [1.82, 2.24) is 5.32 Å². The van der Waals surface area contributed by atoms with E-state index in [2.05, 4.69) is 32.4 Å². The highest BCUT2D eigenvalue weighted by Crippen LogP contribution is 2.28. The molecule has 1 aromatic carbocycles. The molecule has 0 fully saturated rings. The summed E-state index contributed by atoms with van der Waals surface area (Å²) in [4.78, 5) is 23.9. The largest absolute Gasteiger partial charge is 1.00 e. The van der Waals surface area contributed by atoms with Gasteiger partial charge in [0.15, 0.2) is 6.54 Å². The van der Waals surface area contributed by atoms with E-state index in [9.17, 15) is 9.59 Å². The van der Waals surface area contributed by atoms with Gasteiger partial charge in [0, 0.05) is 30.0 Å². The number of unbranched alkanes of at least 4 members (excludes halogenated alkanes) is 1. The highest BCUT2D eigenvalue weighted by molar-refractivity contribution is 5.82. The van der Waals surface area contributed by atoms with Gasteiger partial charge < -0.3 is 35.9 Å². The van der Waals surface area contributed by atoms with E-state index < -0.39 is 0 Å².